The van der Waals surface area contributed by atoms with Gasteiger partial charge in [0.2, 0.25) is 10.0 Å². The van der Waals surface area contributed by atoms with Crippen molar-refractivity contribution in [2.24, 2.45) is 5.14 Å². The Morgan fingerprint density at radius 3 is 2.52 bits per heavy atom. The molecule has 174 valence electrons. The molecule has 1 aliphatic heterocycles. The molecule has 1 fully saturated rings. The molecule has 2 aromatic carbocycles. The van der Waals surface area contributed by atoms with Gasteiger partial charge in [0.15, 0.2) is 5.69 Å². The lowest BCUT2D eigenvalue weighted by atomic mass is 10.1. The summed E-state index contributed by atoms with van der Waals surface area (Å²) in [5, 5.41) is 13.3. The fourth-order valence-corrected chi connectivity index (χ4v) is 4.34. The predicted molar refractivity (Wildman–Crippen MR) is 123 cm³/mol. The number of hydrogen-bond acceptors (Lipinski definition) is 6. The van der Waals surface area contributed by atoms with Gasteiger partial charge in [0, 0.05) is 31.9 Å². The number of sulfonamides is 1. The lowest BCUT2D eigenvalue weighted by Crippen LogP contribution is -2.40. The number of aromatic nitrogens is 2. The van der Waals surface area contributed by atoms with Gasteiger partial charge in [-0.2, -0.15) is 5.10 Å². The van der Waals surface area contributed by atoms with E-state index in [0.29, 0.717) is 56.3 Å². The highest BCUT2D eigenvalue weighted by atomic mass is 32.2. The maximum absolute atomic E-state index is 12.9. The Balaban J connectivity index is 1.63. The molecular formula is C23H27N5O4S. The molecule has 33 heavy (non-hydrogen) atoms. The second kappa shape index (κ2) is 9.84. The van der Waals surface area contributed by atoms with Gasteiger partial charge in [0.25, 0.3) is 5.91 Å². The second-order valence-corrected chi connectivity index (χ2v) is 9.47. The van der Waals surface area contributed by atoms with Crippen molar-refractivity contribution < 1.29 is 17.9 Å². The van der Waals surface area contributed by atoms with Gasteiger partial charge in [-0.3, -0.25) is 4.79 Å². The first-order chi connectivity index (χ1) is 15.8. The number of carbonyl (C=O) groups is 1. The molecule has 0 aliphatic carbocycles. The molecule has 0 spiro atoms. The van der Waals surface area contributed by atoms with Crippen LogP contribution in [0.1, 0.15) is 27.3 Å². The molecule has 2 heterocycles. The van der Waals surface area contributed by atoms with Crippen molar-refractivity contribution in [3.63, 3.8) is 0 Å². The van der Waals surface area contributed by atoms with E-state index < -0.39 is 10.0 Å². The number of hydrogen-bond donors (Lipinski definition) is 2. The molecule has 1 aliphatic rings. The van der Waals surface area contributed by atoms with Gasteiger partial charge in [0.05, 0.1) is 23.8 Å². The molecule has 0 atom stereocenters. The normalized spacial score (nSPS) is 14.4. The van der Waals surface area contributed by atoms with Crippen molar-refractivity contribution in [2.45, 2.75) is 24.9 Å². The quantitative estimate of drug-likeness (QED) is 0.542. The third-order valence-corrected chi connectivity index (χ3v) is 6.41. The molecule has 1 amide bonds. The van der Waals surface area contributed by atoms with Crippen LogP contribution in [0.2, 0.25) is 0 Å². The van der Waals surface area contributed by atoms with E-state index in [1.54, 1.807) is 27.8 Å². The third-order valence-electron chi connectivity index (χ3n) is 5.50. The molecule has 0 radical (unpaired) electrons. The van der Waals surface area contributed by atoms with E-state index in [1.165, 1.54) is 6.07 Å². The number of carbonyl (C=O) groups excluding carboxylic acids is 1. The van der Waals surface area contributed by atoms with Gasteiger partial charge < -0.3 is 15.0 Å². The molecule has 10 heteroatoms. The molecule has 0 unspecified atom stereocenters. The number of nitrogens with one attached hydrogen (secondary N) is 1. The van der Waals surface area contributed by atoms with Gasteiger partial charge in [-0.15, -0.1) is 0 Å². The summed E-state index contributed by atoms with van der Waals surface area (Å²) in [7, 11) is -3.86. The van der Waals surface area contributed by atoms with E-state index in [2.05, 4.69) is 10.4 Å². The van der Waals surface area contributed by atoms with Crippen molar-refractivity contribution >= 4 is 15.9 Å². The number of amides is 1. The first-order valence-corrected chi connectivity index (χ1v) is 12.2. The molecule has 0 saturated carbocycles. The Labute approximate surface area is 193 Å². The summed E-state index contributed by atoms with van der Waals surface area (Å²) in [5.74, 6) is -0.148. The number of benzene rings is 2. The summed E-state index contributed by atoms with van der Waals surface area (Å²) in [6, 6.07) is 16.3. The van der Waals surface area contributed by atoms with Crippen LogP contribution in [0.4, 0.5) is 0 Å². The van der Waals surface area contributed by atoms with Crippen molar-refractivity contribution in [3.8, 4) is 5.69 Å². The Bertz CT molecular complexity index is 1230. The summed E-state index contributed by atoms with van der Waals surface area (Å²) in [4.78, 5) is 14.6. The molecular weight excluding hydrogens is 442 g/mol. The number of aryl methyl sites for hydroxylation is 1. The molecule has 3 aromatic rings. The van der Waals surface area contributed by atoms with Gasteiger partial charge in [-0.1, -0.05) is 30.3 Å². The van der Waals surface area contributed by atoms with E-state index in [-0.39, 0.29) is 10.8 Å². The maximum atomic E-state index is 12.9. The fourth-order valence-electron chi connectivity index (χ4n) is 3.78. The smallest absolute Gasteiger partial charge is 0.274 e. The number of primary sulfonamides is 1. The van der Waals surface area contributed by atoms with Crippen LogP contribution in [0.5, 0.6) is 0 Å². The van der Waals surface area contributed by atoms with E-state index in [9.17, 15) is 13.2 Å². The van der Waals surface area contributed by atoms with E-state index in [4.69, 9.17) is 9.88 Å². The average molecular weight is 470 g/mol. The minimum Gasteiger partial charge on any atom is -0.378 e. The lowest BCUT2D eigenvalue weighted by Gasteiger charge is -2.25. The Hall–Kier alpha value is -3.05. The topological polar surface area (TPSA) is 120 Å². The molecule has 1 saturated heterocycles. The van der Waals surface area contributed by atoms with Crippen LogP contribution in [0.25, 0.3) is 5.69 Å². The van der Waals surface area contributed by atoms with Crippen LogP contribution in [0, 0.1) is 6.92 Å². The molecule has 3 N–H and O–H groups in total. The second-order valence-electron chi connectivity index (χ2n) is 7.91. The zero-order valence-corrected chi connectivity index (χ0v) is 19.2. The van der Waals surface area contributed by atoms with E-state index in [1.807, 2.05) is 37.3 Å². The zero-order valence-electron chi connectivity index (χ0n) is 18.4. The average Bonchev–Trinajstić information content (AvgIpc) is 3.20. The highest BCUT2D eigenvalue weighted by molar-refractivity contribution is 7.89. The van der Waals surface area contributed by atoms with Gasteiger partial charge >= 0.3 is 0 Å². The summed E-state index contributed by atoms with van der Waals surface area (Å²) < 4.78 is 30.9. The van der Waals surface area contributed by atoms with Crippen molar-refractivity contribution in [2.75, 3.05) is 26.3 Å². The van der Waals surface area contributed by atoms with Crippen LogP contribution >= 0.6 is 0 Å². The van der Waals surface area contributed by atoms with Crippen LogP contribution in [0.15, 0.2) is 59.5 Å². The number of rotatable bonds is 7. The third kappa shape index (κ3) is 5.48. The Kier molecular flexibility index (Phi) is 6.89. The van der Waals surface area contributed by atoms with Crippen molar-refractivity contribution in [3.05, 3.63) is 77.1 Å². The highest BCUT2D eigenvalue weighted by Gasteiger charge is 2.23. The molecule has 9 nitrogen and oxygen atoms in total. The SMILES string of the molecule is Cc1cc(C(=O)N2CCOCC2)nn1-c1ccc(S(N)(=O)=O)cc1CNCc1ccccc1. The summed E-state index contributed by atoms with van der Waals surface area (Å²) in [5.41, 5.74) is 3.60. The van der Waals surface area contributed by atoms with Gasteiger partial charge in [-0.05, 0) is 42.3 Å². The highest BCUT2D eigenvalue weighted by Crippen LogP contribution is 2.22. The number of nitrogens with zero attached hydrogens (tertiary/aromatic N) is 3. The number of ether oxygens (including phenoxy) is 1. The molecule has 0 bridgehead atoms. The Morgan fingerprint density at radius 1 is 1.09 bits per heavy atom. The monoisotopic (exact) mass is 469 g/mol. The predicted octanol–water partition coefficient (Wildman–Crippen LogP) is 1.59. The van der Waals surface area contributed by atoms with Gasteiger partial charge in [0.1, 0.15) is 0 Å². The first-order valence-electron chi connectivity index (χ1n) is 10.7. The standard InChI is InChI=1S/C23H27N5O4S/c1-17-13-21(23(29)27-9-11-32-12-10-27)26-28(17)22-8-7-20(33(24,30)31)14-19(22)16-25-15-18-5-3-2-4-6-18/h2-8,13-14,25H,9-12,15-16H2,1H3,(H2,24,30,31). The van der Waals surface area contributed by atoms with Crippen molar-refractivity contribution in [1.82, 2.24) is 20.0 Å². The molecule has 1 aromatic heterocycles. The lowest BCUT2D eigenvalue weighted by molar-refractivity contribution is 0.0298. The summed E-state index contributed by atoms with van der Waals surface area (Å²) >= 11 is 0. The summed E-state index contributed by atoms with van der Waals surface area (Å²) in [6.45, 7) is 4.94. The number of morpholine rings is 1. The van der Waals surface area contributed by atoms with Crippen LogP contribution in [0.3, 0.4) is 0 Å². The Morgan fingerprint density at radius 2 is 1.82 bits per heavy atom. The summed E-state index contributed by atoms with van der Waals surface area (Å²) in [6.07, 6.45) is 0. The maximum Gasteiger partial charge on any atom is 0.274 e. The largest absolute Gasteiger partial charge is 0.378 e. The van der Waals surface area contributed by atoms with Gasteiger partial charge in [-0.25, -0.2) is 18.2 Å². The first kappa shape index (κ1) is 23.1. The van der Waals surface area contributed by atoms with Crippen LogP contribution in [-0.2, 0) is 27.8 Å². The zero-order chi connectivity index (χ0) is 23.4. The van der Waals surface area contributed by atoms with E-state index >= 15 is 0 Å². The van der Waals surface area contributed by atoms with E-state index in [0.717, 1.165) is 11.3 Å². The minimum atomic E-state index is -3.86. The fraction of sp³-hybridized carbons (Fsp3) is 0.304. The van der Waals surface area contributed by atoms with Crippen molar-refractivity contribution in [1.29, 1.82) is 0 Å². The van der Waals surface area contributed by atoms with Crippen LogP contribution in [-0.4, -0.2) is 55.3 Å². The number of nitrogens with two attached hydrogens (primary N) is 1. The molecule has 4 rings (SSSR count). The minimum absolute atomic E-state index is 0.0252. The van der Waals surface area contributed by atoms with Crippen LogP contribution < -0.4 is 10.5 Å².